The minimum absolute atomic E-state index is 0.439. The normalized spacial score (nSPS) is 14.6. The summed E-state index contributed by atoms with van der Waals surface area (Å²) in [6.45, 7) is 19.3. The summed E-state index contributed by atoms with van der Waals surface area (Å²) in [5, 5.41) is 0. The molecule has 0 saturated heterocycles. The van der Waals surface area contributed by atoms with E-state index in [0.29, 0.717) is 21.4 Å². The van der Waals surface area contributed by atoms with E-state index in [9.17, 15) is 0 Å². The Bertz CT molecular complexity index is 1700. The maximum atomic E-state index is 2.60. The summed E-state index contributed by atoms with van der Waals surface area (Å²) in [4.78, 5) is 0. The first-order valence-electron chi connectivity index (χ1n) is 17.3. The fourth-order valence-corrected chi connectivity index (χ4v) is 18.1. The predicted octanol–water partition coefficient (Wildman–Crippen LogP) is 11.7. The average Bonchev–Trinajstić information content (AvgIpc) is 3.61. The molecule has 0 radical (unpaired) electrons. The summed E-state index contributed by atoms with van der Waals surface area (Å²) in [5.41, 5.74) is 17.0. The molecule has 0 fully saturated rings. The van der Waals surface area contributed by atoms with Crippen LogP contribution in [-0.4, -0.2) is 3.21 Å². The van der Waals surface area contributed by atoms with Crippen LogP contribution in [0.5, 0.6) is 0 Å². The van der Waals surface area contributed by atoms with E-state index in [4.69, 9.17) is 0 Å². The van der Waals surface area contributed by atoms with Crippen molar-refractivity contribution in [2.24, 2.45) is 17.8 Å². The molecule has 4 aromatic rings. The van der Waals surface area contributed by atoms with E-state index in [1.165, 1.54) is 33.4 Å². The first-order valence-corrected chi connectivity index (χ1v) is 21.2. The molecular formula is C44H50Zr. The van der Waals surface area contributed by atoms with Crippen molar-refractivity contribution in [2.45, 2.75) is 78.3 Å². The molecule has 0 amide bonds. The monoisotopic (exact) mass is 668 g/mol. The third-order valence-electron chi connectivity index (χ3n) is 10.1. The van der Waals surface area contributed by atoms with E-state index in [1.807, 2.05) is 3.28 Å². The Morgan fingerprint density at radius 3 is 1.47 bits per heavy atom. The number of fused-ring (bicyclic) bond motifs is 3. The van der Waals surface area contributed by atoms with Gasteiger partial charge in [-0.2, -0.15) is 0 Å². The molecule has 0 spiro atoms. The Morgan fingerprint density at radius 1 is 0.600 bits per heavy atom. The Labute approximate surface area is 280 Å². The van der Waals surface area contributed by atoms with Gasteiger partial charge in [-0.1, -0.05) is 0 Å². The summed E-state index contributed by atoms with van der Waals surface area (Å²) in [6, 6.07) is 37.8. The summed E-state index contributed by atoms with van der Waals surface area (Å²) in [6.07, 6.45) is 3.29. The van der Waals surface area contributed by atoms with Gasteiger partial charge in [-0.05, 0) is 0 Å². The molecule has 4 aromatic carbocycles. The molecule has 0 unspecified atom stereocenters. The van der Waals surface area contributed by atoms with E-state index in [-0.39, 0.29) is 0 Å². The molecule has 2 aliphatic carbocycles. The van der Waals surface area contributed by atoms with Gasteiger partial charge in [0, 0.05) is 0 Å². The molecule has 0 bridgehead atoms. The Kier molecular flexibility index (Phi) is 9.59. The van der Waals surface area contributed by atoms with Crippen LogP contribution in [0, 0.1) is 17.8 Å². The number of aryl methyl sites for hydroxylation is 2. The molecular weight excluding hydrogens is 620 g/mol. The van der Waals surface area contributed by atoms with Gasteiger partial charge < -0.3 is 0 Å². The minimum atomic E-state index is -2.87. The van der Waals surface area contributed by atoms with E-state index in [0.717, 1.165) is 19.3 Å². The van der Waals surface area contributed by atoms with Crippen molar-refractivity contribution in [1.82, 2.24) is 0 Å². The van der Waals surface area contributed by atoms with E-state index < -0.39 is 21.3 Å². The Balaban J connectivity index is 1.81. The number of rotatable bonds is 9. The molecule has 0 nitrogen and oxygen atoms in total. The van der Waals surface area contributed by atoms with Crippen LogP contribution < -0.4 is 0 Å². The molecule has 0 saturated carbocycles. The zero-order valence-electron chi connectivity index (χ0n) is 28.7. The quantitative estimate of drug-likeness (QED) is 0.166. The fourth-order valence-electron chi connectivity index (χ4n) is 8.08. The zero-order valence-corrected chi connectivity index (χ0v) is 31.1. The van der Waals surface area contributed by atoms with Gasteiger partial charge >= 0.3 is 282 Å². The average molecular weight is 670 g/mol. The van der Waals surface area contributed by atoms with E-state index >= 15 is 0 Å². The second-order valence-electron chi connectivity index (χ2n) is 14.0. The van der Waals surface area contributed by atoms with Crippen LogP contribution in [0.3, 0.4) is 0 Å². The van der Waals surface area contributed by atoms with Crippen molar-refractivity contribution in [3.63, 3.8) is 0 Å². The Hall–Kier alpha value is -2.89. The van der Waals surface area contributed by atoms with Gasteiger partial charge in [0.25, 0.3) is 0 Å². The van der Waals surface area contributed by atoms with Crippen LogP contribution in [0.2, 0.25) is 0 Å². The second kappa shape index (κ2) is 13.5. The van der Waals surface area contributed by atoms with Crippen molar-refractivity contribution >= 4 is 3.21 Å². The number of hydrogen-bond acceptors (Lipinski definition) is 0. The first kappa shape index (κ1) is 32.1. The SMILES string of the molecule is CCc1ccc2c(c1)[CH]([Zr]([C]1=C(C(C)C)C(C(C)C)=C(C(C)C)C1)=[C](c1ccccc1)c1ccccc1)c1cc(CC)ccc1-2. The summed E-state index contributed by atoms with van der Waals surface area (Å²) in [5.74, 6) is 1.58. The number of benzene rings is 4. The Morgan fingerprint density at radius 2 is 1.07 bits per heavy atom. The van der Waals surface area contributed by atoms with Crippen molar-refractivity contribution in [3.8, 4) is 11.1 Å². The van der Waals surface area contributed by atoms with Crippen LogP contribution in [-0.2, 0) is 34.1 Å². The molecule has 0 atom stereocenters. The third-order valence-corrected chi connectivity index (χ3v) is 18.5. The first-order chi connectivity index (χ1) is 21.7. The topological polar surface area (TPSA) is 0 Å². The molecule has 230 valence electrons. The van der Waals surface area contributed by atoms with Crippen LogP contribution in [0.1, 0.15) is 98.8 Å². The molecule has 6 rings (SSSR count). The van der Waals surface area contributed by atoms with E-state index in [2.05, 4.69) is 152 Å². The molecule has 0 heterocycles. The third kappa shape index (κ3) is 5.92. The molecule has 0 aromatic heterocycles. The van der Waals surface area contributed by atoms with Crippen molar-refractivity contribution in [1.29, 1.82) is 0 Å². The van der Waals surface area contributed by atoms with Crippen LogP contribution in [0.25, 0.3) is 11.1 Å². The van der Waals surface area contributed by atoms with Gasteiger partial charge in [0.1, 0.15) is 0 Å². The predicted molar refractivity (Wildman–Crippen MR) is 192 cm³/mol. The van der Waals surface area contributed by atoms with Gasteiger partial charge in [-0.25, -0.2) is 0 Å². The van der Waals surface area contributed by atoms with Crippen LogP contribution >= 0.6 is 0 Å². The molecule has 1 heteroatoms. The number of hydrogen-bond donors (Lipinski definition) is 0. The molecule has 45 heavy (non-hydrogen) atoms. The van der Waals surface area contributed by atoms with Gasteiger partial charge in [-0.15, -0.1) is 0 Å². The number of allylic oxidation sites excluding steroid dienone is 4. The zero-order chi connectivity index (χ0) is 31.8. The van der Waals surface area contributed by atoms with Crippen molar-refractivity contribution in [2.75, 3.05) is 0 Å². The van der Waals surface area contributed by atoms with Crippen molar-refractivity contribution in [3.05, 3.63) is 150 Å². The van der Waals surface area contributed by atoms with Gasteiger partial charge in [0.15, 0.2) is 0 Å². The standard InChI is InChI=1S/C17H17.C14H23.C13H10.Zr/c1-3-12-5-7-16-14(9-12)11-15-10-13(4-2)6-8-17(15)16;1-9(2)12-7-8-13(10(3)4)14(12)11(5)6;1-3-7-12(8-4-1)11-13-9-5-2-6-10-13;/h5-11H,3-4H2,1-2H3;9-11H,7H2,1-6H3;1-10H;. The van der Waals surface area contributed by atoms with Gasteiger partial charge in [0.05, 0.1) is 0 Å². The maximum absolute atomic E-state index is 2.87. The van der Waals surface area contributed by atoms with Crippen LogP contribution in [0.15, 0.2) is 117 Å². The van der Waals surface area contributed by atoms with E-state index in [1.54, 1.807) is 31.1 Å². The van der Waals surface area contributed by atoms with Crippen LogP contribution in [0.4, 0.5) is 0 Å². The summed E-state index contributed by atoms with van der Waals surface area (Å²) < 4.78 is 3.94. The molecule has 0 N–H and O–H groups in total. The van der Waals surface area contributed by atoms with Gasteiger partial charge in [0.2, 0.25) is 0 Å². The second-order valence-corrected chi connectivity index (χ2v) is 20.1. The molecule has 0 aliphatic heterocycles. The summed E-state index contributed by atoms with van der Waals surface area (Å²) in [7, 11) is 0. The van der Waals surface area contributed by atoms with Gasteiger partial charge in [-0.3, -0.25) is 0 Å². The van der Waals surface area contributed by atoms with Crippen molar-refractivity contribution < 1.29 is 21.3 Å². The molecule has 2 aliphatic rings. The fraction of sp³-hybridized carbons (Fsp3) is 0.341. The summed E-state index contributed by atoms with van der Waals surface area (Å²) >= 11 is -2.87.